The van der Waals surface area contributed by atoms with Gasteiger partial charge in [0.15, 0.2) is 11.5 Å². The lowest BCUT2D eigenvalue weighted by molar-refractivity contribution is 0.0686. The topological polar surface area (TPSA) is 320 Å². The number of hydrazine groups is 1. The van der Waals surface area contributed by atoms with Crippen molar-refractivity contribution < 1.29 is 42.5 Å². The van der Waals surface area contributed by atoms with Crippen molar-refractivity contribution in [3.63, 3.8) is 0 Å². The molecule has 13 rings (SSSR count). The highest BCUT2D eigenvalue weighted by Crippen LogP contribution is 2.34. The molecule has 2 atom stereocenters. The quantitative estimate of drug-likeness (QED) is 0.0167. The van der Waals surface area contributed by atoms with E-state index >= 15 is 0 Å². The Morgan fingerprint density at radius 2 is 0.927 bits per heavy atom. The molecule has 96 heavy (non-hydrogen) atoms. The van der Waals surface area contributed by atoms with Crippen LogP contribution in [0.25, 0.3) is 37.7 Å². The summed E-state index contributed by atoms with van der Waals surface area (Å²) >= 11 is 0. The molecule has 4 aromatic heterocycles. The number of benzene rings is 7. The molecule has 2 amide bonds. The van der Waals surface area contributed by atoms with Crippen LogP contribution in [0, 0.1) is 69.0 Å². The summed E-state index contributed by atoms with van der Waals surface area (Å²) in [6.45, 7) is 20.9. The lowest BCUT2D eigenvalue weighted by Gasteiger charge is -2.21. The highest BCUT2D eigenvalue weighted by Gasteiger charge is 2.27. The maximum Gasteiger partial charge on any atom is 0.354 e. The summed E-state index contributed by atoms with van der Waals surface area (Å²) in [5.74, 6) is 5.15. The molecule has 11 aromatic rings. The van der Waals surface area contributed by atoms with Gasteiger partial charge >= 0.3 is 5.97 Å². The Morgan fingerprint density at radius 1 is 0.542 bits per heavy atom. The van der Waals surface area contributed by atoms with Crippen LogP contribution in [-0.4, -0.2) is 81.0 Å². The molecule has 2 fully saturated rings. The van der Waals surface area contributed by atoms with E-state index in [1.165, 1.54) is 82.2 Å². The molecule has 4 heterocycles. The number of aromatic nitrogens is 8. The molecule has 0 aliphatic heterocycles. The van der Waals surface area contributed by atoms with Gasteiger partial charge < -0.3 is 37.6 Å². The lowest BCUT2D eigenvalue weighted by atomic mass is 9.97. The summed E-state index contributed by atoms with van der Waals surface area (Å²) < 4.78 is 60.9. The molecule has 2 aliphatic rings. The number of nitrogen functional groups attached to an aromatic ring is 1. The van der Waals surface area contributed by atoms with E-state index in [1.54, 1.807) is 57.2 Å². The number of aromatic carboxylic acids is 1. The average molecular weight is 1300 g/mol. The van der Waals surface area contributed by atoms with Gasteiger partial charge in [0.2, 0.25) is 11.4 Å². The van der Waals surface area contributed by atoms with Gasteiger partial charge in [0.1, 0.15) is 34.7 Å². The van der Waals surface area contributed by atoms with Crippen molar-refractivity contribution in [2.75, 3.05) is 29.5 Å². The van der Waals surface area contributed by atoms with Crippen LogP contribution in [0.15, 0.2) is 170 Å². The van der Waals surface area contributed by atoms with E-state index in [1.807, 2.05) is 66.7 Å². The first-order chi connectivity index (χ1) is 45.9. The molecule has 22 nitrogen and oxygen atoms in total. The molecule has 2 unspecified atom stereocenters. The number of carbonyl (C=O) groups is 3. The minimum Gasteiger partial charge on any atom is -0.477 e. The van der Waals surface area contributed by atoms with Gasteiger partial charge in [-0.05, 0) is 191 Å². The standard InChI is InChI=1S/C29H25F2N5O.C29H28FN7O.C12H8FN3O2.H4N2.H2O/c1-18-14-27(36(35-18)22-11-13-23(30)25(16-22)32-2)29(37)34-26-15-21(10-12-24(26)31)28(33-17-19-8-9-19)20-6-4-3-5-7-20;1-17-13-26(37(36-17)21-10-12-24-22(15-21)28(31)35-34-24)29(38)33-25-14-20(9-11-23(25)30)27(32-16-18-7-8-18)19-5-3-2-4-6-19;1-7-5-11(12(17)18)16(15-7)8-3-4-9(13)10(6-8)14-2;1-2;/h3-7,10-16,19,28,33H,8-9,17H2,1H3,(H,34,37);2-6,9-15,18,27,32H,7-8,16H2,1H3,(H,33,38)(H3,31,34,35);3-6H,1H3,(H,17,18);1-2H2;1H2. The highest BCUT2D eigenvalue weighted by molar-refractivity contribution is 6.04. The minimum absolute atomic E-state index is 0. The van der Waals surface area contributed by atoms with Gasteiger partial charge in [0.05, 0.1) is 76.3 Å². The van der Waals surface area contributed by atoms with E-state index in [0.717, 1.165) is 58.4 Å². The number of nitrogens with two attached hydrogens (primary N) is 3. The van der Waals surface area contributed by atoms with E-state index in [9.17, 15) is 31.9 Å². The Balaban J connectivity index is 0.000000176. The summed E-state index contributed by atoms with van der Waals surface area (Å²) in [4.78, 5) is 43.9. The molecule has 14 N–H and O–H groups in total. The first-order valence-electron chi connectivity index (χ1n) is 30.1. The van der Waals surface area contributed by atoms with Crippen molar-refractivity contribution in [1.82, 2.24) is 50.2 Å². The van der Waals surface area contributed by atoms with Gasteiger partial charge in [-0.1, -0.05) is 72.8 Å². The summed E-state index contributed by atoms with van der Waals surface area (Å²) in [5, 5.41) is 42.2. The SMILES string of the molecule is Cc1cc(C(=O)Nc2cc(C(NCC3CC3)c3ccccc3)ccc2F)n(-c2ccc3[nH]nc(N)c3c2)n1.NN.O.[C-]#[N+]c1cc(-n2nc(C)cc2C(=O)Nc2cc(C(NCC3CC3)c3ccccc3)ccc2F)ccc1F.[C-]#[N+]c1cc(-n2nc(C)cc2C(=O)O)ccc1F. The van der Waals surface area contributed by atoms with Gasteiger partial charge in [0, 0.05) is 5.39 Å². The normalized spacial score (nSPS) is 12.8. The van der Waals surface area contributed by atoms with E-state index in [-0.39, 0.29) is 57.4 Å². The zero-order valence-electron chi connectivity index (χ0n) is 52.2. The smallest absolute Gasteiger partial charge is 0.354 e. The largest absolute Gasteiger partial charge is 0.477 e. The van der Waals surface area contributed by atoms with E-state index in [0.29, 0.717) is 51.8 Å². The van der Waals surface area contributed by atoms with Crippen LogP contribution in [0.4, 0.5) is 46.1 Å². The molecule has 2 aliphatic carbocycles. The van der Waals surface area contributed by atoms with Crippen LogP contribution >= 0.6 is 0 Å². The molecule has 26 heteroatoms. The third-order valence-electron chi connectivity index (χ3n) is 15.6. The van der Waals surface area contributed by atoms with Crippen LogP contribution in [0.5, 0.6) is 0 Å². The van der Waals surface area contributed by atoms with Gasteiger partial charge in [-0.15, -0.1) is 0 Å². The number of aromatic amines is 1. The Kier molecular flexibility index (Phi) is 22.1. The fourth-order valence-electron chi connectivity index (χ4n) is 10.5. The molecule has 490 valence electrons. The molecule has 0 bridgehead atoms. The number of H-pyrrole nitrogens is 1. The zero-order valence-corrected chi connectivity index (χ0v) is 52.2. The zero-order chi connectivity index (χ0) is 67.4. The van der Waals surface area contributed by atoms with Crippen LogP contribution in [0.3, 0.4) is 0 Å². The summed E-state index contributed by atoms with van der Waals surface area (Å²) in [5.41, 5.74) is 13.8. The monoisotopic (exact) mass is 1300 g/mol. The van der Waals surface area contributed by atoms with Gasteiger partial charge in [-0.25, -0.2) is 46.1 Å². The first kappa shape index (κ1) is 68.7. The van der Waals surface area contributed by atoms with Gasteiger partial charge in [-0.2, -0.15) is 20.4 Å². The number of halogens is 4. The molecule has 0 saturated heterocycles. The highest BCUT2D eigenvalue weighted by atomic mass is 19.1. The number of nitrogens with zero attached hydrogens (tertiary/aromatic N) is 9. The molecule has 7 aromatic carbocycles. The predicted octanol–water partition coefficient (Wildman–Crippen LogP) is 12.0. The Labute approximate surface area is 548 Å². The van der Waals surface area contributed by atoms with Gasteiger partial charge in [0.25, 0.3) is 11.8 Å². The molecule has 2 saturated carbocycles. The van der Waals surface area contributed by atoms with E-state index in [4.69, 9.17) is 24.0 Å². The maximum atomic E-state index is 15.0. The lowest BCUT2D eigenvalue weighted by Crippen LogP contribution is -2.25. The summed E-state index contributed by atoms with van der Waals surface area (Å²) in [7, 11) is 0. The third-order valence-corrected chi connectivity index (χ3v) is 15.6. The van der Waals surface area contributed by atoms with Crippen molar-refractivity contribution in [3.05, 3.63) is 272 Å². The number of nitrogens with one attached hydrogen (secondary N) is 5. The number of carboxylic acid groups (broad SMARTS) is 1. The summed E-state index contributed by atoms with van der Waals surface area (Å²) in [6.07, 6.45) is 4.87. The molecular weight excluding hydrogens is 1230 g/mol. The molecular formula is C70H67F4N17O5. The van der Waals surface area contributed by atoms with Crippen LogP contribution < -0.4 is 38.7 Å². The van der Waals surface area contributed by atoms with Crippen molar-refractivity contribution >= 4 is 57.3 Å². The Hall–Kier alpha value is -11.7. The maximum absolute atomic E-state index is 15.0. The fourth-order valence-corrected chi connectivity index (χ4v) is 10.5. The van der Waals surface area contributed by atoms with Gasteiger partial charge in [-0.3, -0.25) is 26.4 Å². The minimum atomic E-state index is -1.13. The predicted molar refractivity (Wildman–Crippen MR) is 357 cm³/mol. The molecule has 0 spiro atoms. The third kappa shape index (κ3) is 16.4. The number of anilines is 3. The second-order valence-corrected chi connectivity index (χ2v) is 22.7. The van der Waals surface area contributed by atoms with Crippen LogP contribution in [-0.2, 0) is 0 Å². The van der Waals surface area contributed by atoms with Crippen LogP contribution in [0.2, 0.25) is 0 Å². The number of carboxylic acids is 1. The number of fused-ring (bicyclic) bond motifs is 1. The fraction of sp³-hybridized carbons (Fsp3) is 0.186. The van der Waals surface area contributed by atoms with Crippen molar-refractivity contribution in [2.24, 2.45) is 23.5 Å². The Bertz CT molecular complexity index is 4690. The van der Waals surface area contributed by atoms with E-state index < -0.39 is 41.1 Å². The van der Waals surface area contributed by atoms with Crippen molar-refractivity contribution in [1.29, 1.82) is 0 Å². The molecule has 0 radical (unpaired) electrons. The van der Waals surface area contributed by atoms with E-state index in [2.05, 4.69) is 80.3 Å². The van der Waals surface area contributed by atoms with Crippen molar-refractivity contribution in [2.45, 2.75) is 58.5 Å². The second-order valence-electron chi connectivity index (χ2n) is 22.7. The number of amides is 2. The Morgan fingerprint density at radius 3 is 1.33 bits per heavy atom. The number of hydrogen-bond donors (Lipinski definition) is 9. The average Bonchev–Trinajstić information content (AvgIpc) is 1.56. The number of aryl methyl sites for hydroxylation is 3. The summed E-state index contributed by atoms with van der Waals surface area (Å²) in [6, 6.07) is 47.1. The number of rotatable bonds is 18. The second kappa shape index (κ2) is 30.9. The number of carbonyl (C=O) groups excluding carboxylic acids is 2. The van der Waals surface area contributed by atoms with Crippen molar-refractivity contribution in [3.8, 4) is 17.1 Å². The number of hydrogen-bond acceptors (Lipinski definition) is 12. The first-order valence-corrected chi connectivity index (χ1v) is 30.1. The van der Waals surface area contributed by atoms with Crippen LogP contribution in [0.1, 0.15) is 109 Å².